The number of hydrogen-bond acceptors (Lipinski definition) is 2. The van der Waals surface area contributed by atoms with E-state index in [0.29, 0.717) is 0 Å². The lowest BCUT2D eigenvalue weighted by Crippen LogP contribution is -2.20. The van der Waals surface area contributed by atoms with Crippen LogP contribution in [0.15, 0.2) is 54.4 Å². The van der Waals surface area contributed by atoms with Crippen molar-refractivity contribution in [1.82, 2.24) is 0 Å². The third kappa shape index (κ3) is 6.09. The second-order valence-electron chi connectivity index (χ2n) is 8.73. The summed E-state index contributed by atoms with van der Waals surface area (Å²) >= 11 is 0. The number of nitrogens with zero attached hydrogens (tertiary/aromatic N) is 1. The van der Waals surface area contributed by atoms with Gasteiger partial charge in [0, 0.05) is 13.6 Å². The topological polar surface area (TPSA) is 29.3 Å². The van der Waals surface area contributed by atoms with Crippen LogP contribution in [0.4, 0.5) is 11.4 Å². The number of rotatable bonds is 9. The van der Waals surface area contributed by atoms with E-state index >= 15 is 0 Å². The maximum atomic E-state index is 6.33. The molecule has 3 rings (SSSR count). The van der Waals surface area contributed by atoms with Gasteiger partial charge < -0.3 is 10.6 Å². The summed E-state index contributed by atoms with van der Waals surface area (Å²) in [6.45, 7) is 10.0. The molecule has 156 valence electrons. The predicted octanol–water partition coefficient (Wildman–Crippen LogP) is 6.96. The number of nitrogens with two attached hydrogens (primary N) is 1. The molecule has 0 spiro atoms. The van der Waals surface area contributed by atoms with E-state index in [1.54, 1.807) is 0 Å². The minimum absolute atomic E-state index is 0.168. The molecule has 0 radical (unpaired) electrons. The van der Waals surface area contributed by atoms with Crippen LogP contribution in [-0.4, -0.2) is 20.3 Å². The zero-order chi connectivity index (χ0) is 20.8. The van der Waals surface area contributed by atoms with Gasteiger partial charge in [-0.25, -0.2) is 0 Å². The highest BCUT2D eigenvalue weighted by Crippen LogP contribution is 2.51. The highest BCUT2D eigenvalue weighted by Gasteiger charge is 2.22. The molecule has 3 heteroatoms. The van der Waals surface area contributed by atoms with Gasteiger partial charge in [-0.15, -0.1) is 0 Å². The van der Waals surface area contributed by atoms with Crippen molar-refractivity contribution in [2.24, 2.45) is 5.92 Å². The lowest BCUT2D eigenvalue weighted by molar-refractivity contribution is 0.674. The Labute approximate surface area is 179 Å². The van der Waals surface area contributed by atoms with Gasteiger partial charge in [0.15, 0.2) is 0 Å². The van der Waals surface area contributed by atoms with Crippen LogP contribution in [-0.2, 0) is 12.6 Å². The fraction of sp³-hybridized carbons (Fsp3) is 0.462. The Hall–Kier alpha value is -1.79. The minimum Gasteiger partial charge on any atom is -0.397 e. The number of hydrogen-bond donors (Lipinski definition) is 1. The molecule has 1 atom stereocenters. The Balaban J connectivity index is 1.57. The van der Waals surface area contributed by atoms with Crippen molar-refractivity contribution in [1.29, 1.82) is 0 Å². The van der Waals surface area contributed by atoms with Gasteiger partial charge in [0.2, 0.25) is 0 Å². The molecular weight excluding hydrogens is 371 g/mol. The summed E-state index contributed by atoms with van der Waals surface area (Å²) in [5, 5.41) is 1.52. The molecule has 1 aliphatic rings. The molecule has 2 N–H and O–H groups in total. The number of benzene rings is 2. The Morgan fingerprint density at radius 2 is 1.76 bits per heavy atom. The molecular formula is C26H37N2P. The van der Waals surface area contributed by atoms with E-state index in [9.17, 15) is 0 Å². The Morgan fingerprint density at radius 3 is 2.45 bits per heavy atom. The molecule has 0 amide bonds. The van der Waals surface area contributed by atoms with Gasteiger partial charge in [0.05, 0.1) is 11.4 Å². The molecule has 0 bridgehead atoms. The average Bonchev–Trinajstić information content (AvgIpc) is 3.25. The molecule has 1 saturated carbocycles. The van der Waals surface area contributed by atoms with Crippen LogP contribution in [0.25, 0.3) is 0 Å². The molecule has 1 aliphatic carbocycles. The summed E-state index contributed by atoms with van der Waals surface area (Å²) in [6.07, 6.45) is 8.81. The summed E-state index contributed by atoms with van der Waals surface area (Å²) in [7, 11) is 2.00. The van der Waals surface area contributed by atoms with Crippen molar-refractivity contribution in [2.75, 3.05) is 30.9 Å². The molecule has 0 saturated heterocycles. The van der Waals surface area contributed by atoms with Crippen molar-refractivity contribution >= 4 is 19.3 Å². The normalized spacial score (nSPS) is 15.4. The van der Waals surface area contributed by atoms with E-state index < -0.39 is 0 Å². The first kappa shape index (κ1) is 21.9. The Kier molecular flexibility index (Phi) is 7.78. The minimum atomic E-state index is -0.168. The molecule has 2 aromatic carbocycles. The van der Waals surface area contributed by atoms with Crippen LogP contribution >= 0.6 is 7.92 Å². The van der Waals surface area contributed by atoms with Gasteiger partial charge in [-0.1, -0.05) is 68.6 Å². The number of aryl methyl sites for hydroxylation is 2. The lowest BCUT2D eigenvalue weighted by atomic mass is 10.1. The van der Waals surface area contributed by atoms with Gasteiger partial charge in [-0.2, -0.15) is 0 Å². The van der Waals surface area contributed by atoms with Crippen molar-refractivity contribution < 1.29 is 0 Å². The first-order valence-corrected chi connectivity index (χ1v) is 13.0. The van der Waals surface area contributed by atoms with E-state index in [2.05, 4.69) is 74.6 Å². The summed E-state index contributed by atoms with van der Waals surface area (Å²) in [5.41, 5.74) is 12.5. The molecule has 0 aromatic heterocycles. The van der Waals surface area contributed by atoms with Crippen LogP contribution < -0.4 is 10.6 Å². The number of allylic oxidation sites excluding steroid dienone is 1. The van der Waals surface area contributed by atoms with E-state index in [4.69, 9.17) is 5.73 Å². The van der Waals surface area contributed by atoms with Gasteiger partial charge in [0.1, 0.15) is 0 Å². The highest BCUT2D eigenvalue weighted by atomic mass is 31.1. The second-order valence-corrected chi connectivity index (χ2v) is 11.0. The summed E-state index contributed by atoms with van der Waals surface area (Å²) in [5.74, 6) is 0.767. The van der Waals surface area contributed by atoms with E-state index in [1.165, 1.54) is 53.4 Å². The van der Waals surface area contributed by atoms with Crippen LogP contribution in [0.1, 0.15) is 48.8 Å². The third-order valence-corrected chi connectivity index (χ3v) is 8.51. The molecule has 2 aromatic rings. The van der Waals surface area contributed by atoms with E-state index in [0.717, 1.165) is 37.2 Å². The predicted molar refractivity (Wildman–Crippen MR) is 131 cm³/mol. The number of anilines is 2. The zero-order valence-electron chi connectivity index (χ0n) is 18.5. The Morgan fingerprint density at radius 1 is 1.10 bits per heavy atom. The fourth-order valence-electron chi connectivity index (χ4n) is 4.36. The standard InChI is InChI=1S/C26H37N2P/c1-20-11-13-22(14-12-20)8-7-17-28(3)26-18-23(15-16-25(26)27)19-29(4)21(2)24-9-5-6-10-24/h11-16,18,24H,2,5-10,17,19,27H2,1,3-4H3. The van der Waals surface area contributed by atoms with E-state index in [1.807, 2.05) is 0 Å². The van der Waals surface area contributed by atoms with Crippen LogP contribution in [0.3, 0.4) is 0 Å². The summed E-state index contributed by atoms with van der Waals surface area (Å²) in [4.78, 5) is 2.32. The fourth-order valence-corrected chi connectivity index (χ4v) is 6.19. The van der Waals surface area contributed by atoms with Crippen molar-refractivity contribution in [3.8, 4) is 0 Å². The third-order valence-electron chi connectivity index (χ3n) is 6.32. The molecule has 1 fully saturated rings. The van der Waals surface area contributed by atoms with Gasteiger partial charge in [-0.3, -0.25) is 0 Å². The maximum Gasteiger partial charge on any atom is 0.0600 e. The Bertz CT molecular complexity index is 806. The number of nitrogen functional groups attached to an aromatic ring is 1. The highest BCUT2D eigenvalue weighted by molar-refractivity contribution is 7.60. The van der Waals surface area contributed by atoms with Crippen LogP contribution in [0, 0.1) is 12.8 Å². The molecule has 29 heavy (non-hydrogen) atoms. The largest absolute Gasteiger partial charge is 0.397 e. The maximum absolute atomic E-state index is 6.33. The molecule has 0 heterocycles. The SMILES string of the molecule is C=C(C1CCCC1)P(C)Cc1ccc(N)c(N(C)CCCc2ccc(C)cc2)c1. The van der Waals surface area contributed by atoms with Crippen LogP contribution in [0.2, 0.25) is 0 Å². The van der Waals surface area contributed by atoms with Crippen molar-refractivity contribution in [3.05, 3.63) is 71.0 Å². The summed E-state index contributed by atoms with van der Waals surface area (Å²) < 4.78 is 0. The summed E-state index contributed by atoms with van der Waals surface area (Å²) in [6, 6.07) is 15.5. The van der Waals surface area contributed by atoms with Crippen LogP contribution in [0.5, 0.6) is 0 Å². The zero-order valence-corrected chi connectivity index (χ0v) is 19.3. The monoisotopic (exact) mass is 408 g/mol. The average molecular weight is 409 g/mol. The molecule has 0 aliphatic heterocycles. The molecule has 1 unspecified atom stereocenters. The van der Waals surface area contributed by atoms with E-state index in [-0.39, 0.29) is 7.92 Å². The second kappa shape index (κ2) is 10.3. The quantitative estimate of drug-likeness (QED) is 0.359. The van der Waals surface area contributed by atoms with Crippen molar-refractivity contribution in [2.45, 2.75) is 51.6 Å². The van der Waals surface area contributed by atoms with Gasteiger partial charge in [-0.05, 0) is 74.6 Å². The lowest BCUT2D eigenvalue weighted by Gasteiger charge is -2.24. The molecule has 2 nitrogen and oxygen atoms in total. The first-order valence-electron chi connectivity index (χ1n) is 11.0. The smallest absolute Gasteiger partial charge is 0.0600 e. The first-order chi connectivity index (χ1) is 13.9. The van der Waals surface area contributed by atoms with Crippen molar-refractivity contribution in [3.63, 3.8) is 0 Å². The van der Waals surface area contributed by atoms with Gasteiger partial charge >= 0.3 is 0 Å². The van der Waals surface area contributed by atoms with Gasteiger partial charge in [0.25, 0.3) is 0 Å².